The van der Waals surface area contributed by atoms with E-state index in [1.165, 1.54) is 99.8 Å². The molecule has 2 heteroatoms. The Kier molecular flexibility index (Phi) is 7.26. The molecule has 1 aromatic heterocycles. The van der Waals surface area contributed by atoms with Crippen molar-refractivity contribution >= 4 is 38.6 Å². The fraction of sp³-hybridized carbons (Fsp3) is 0. The third-order valence-corrected chi connectivity index (χ3v) is 12.1. The molecule has 2 nitrogen and oxygen atoms in total. The second kappa shape index (κ2) is 12.9. The van der Waals surface area contributed by atoms with Gasteiger partial charge >= 0.3 is 0 Å². The highest BCUT2D eigenvalue weighted by molar-refractivity contribution is 6.41. The van der Waals surface area contributed by atoms with Crippen molar-refractivity contribution in [1.82, 2.24) is 9.97 Å². The molecule has 0 aliphatic heterocycles. The first-order valence-electron chi connectivity index (χ1n) is 19.9. The first-order valence-corrected chi connectivity index (χ1v) is 19.9. The van der Waals surface area contributed by atoms with Crippen molar-refractivity contribution in [3.05, 3.63) is 246 Å². The van der Waals surface area contributed by atoms with Crippen LogP contribution < -0.4 is 0 Å². The molecule has 1 heterocycles. The molecule has 12 rings (SSSR count). The number of nitrogens with zero attached hydrogens (tertiary/aromatic N) is 2. The molecule has 0 saturated carbocycles. The summed E-state index contributed by atoms with van der Waals surface area (Å²) in [5.74, 6) is 0.721. The summed E-state index contributed by atoms with van der Waals surface area (Å²) in [6.07, 6.45) is 3.74. The molecule has 8 aromatic carbocycles. The Morgan fingerprint density at radius 1 is 0.241 bits per heavy atom. The average Bonchev–Trinajstić information content (AvgIpc) is 3.94. The third-order valence-electron chi connectivity index (χ3n) is 12.1. The minimum absolute atomic E-state index is 0.721. The van der Waals surface area contributed by atoms with Gasteiger partial charge in [-0.15, -0.1) is 0 Å². The Morgan fingerprint density at radius 3 is 1.24 bits per heavy atom. The molecule has 0 atom stereocenters. The van der Waals surface area contributed by atoms with Crippen LogP contribution in [0.5, 0.6) is 0 Å². The van der Waals surface area contributed by atoms with Gasteiger partial charge < -0.3 is 0 Å². The highest BCUT2D eigenvalue weighted by Crippen LogP contribution is 2.63. The summed E-state index contributed by atoms with van der Waals surface area (Å²) in [6.45, 7) is 0. The van der Waals surface area contributed by atoms with E-state index in [1.807, 2.05) is 18.5 Å². The van der Waals surface area contributed by atoms with Crippen LogP contribution in [-0.2, 0) is 0 Å². The second-order valence-corrected chi connectivity index (χ2v) is 15.2. The van der Waals surface area contributed by atoms with E-state index in [9.17, 15) is 0 Å². The van der Waals surface area contributed by atoms with E-state index in [2.05, 4.69) is 188 Å². The predicted octanol–water partition coefficient (Wildman–Crippen LogP) is 14.0. The third kappa shape index (κ3) is 4.79. The largest absolute Gasteiger partial charge is 0.237 e. The summed E-state index contributed by atoms with van der Waals surface area (Å²) >= 11 is 0. The molecule has 0 fully saturated rings. The van der Waals surface area contributed by atoms with Gasteiger partial charge in [0.1, 0.15) is 0 Å². The molecule has 0 spiro atoms. The zero-order chi connectivity index (χ0) is 38.2. The van der Waals surface area contributed by atoms with Gasteiger partial charge in [0, 0.05) is 23.5 Å². The zero-order valence-electron chi connectivity index (χ0n) is 31.5. The summed E-state index contributed by atoms with van der Waals surface area (Å²) in [6, 6.07) is 70.7. The van der Waals surface area contributed by atoms with Crippen molar-refractivity contribution in [1.29, 1.82) is 0 Å². The molecule has 0 radical (unpaired) electrons. The number of allylic oxidation sites excluding steroid dienone is 5. The van der Waals surface area contributed by atoms with Crippen LogP contribution in [0.4, 0.5) is 0 Å². The molecule has 3 aliphatic carbocycles. The van der Waals surface area contributed by atoms with E-state index in [-0.39, 0.29) is 0 Å². The second-order valence-electron chi connectivity index (χ2n) is 15.2. The van der Waals surface area contributed by atoms with Crippen molar-refractivity contribution in [2.45, 2.75) is 0 Å². The maximum Gasteiger partial charge on any atom is 0.160 e. The number of fused-ring (bicyclic) bond motifs is 6. The molecule has 0 N–H and O–H groups in total. The molecule has 0 saturated heterocycles. The van der Waals surface area contributed by atoms with Gasteiger partial charge in [0.25, 0.3) is 0 Å². The summed E-state index contributed by atoms with van der Waals surface area (Å²) in [4.78, 5) is 10.0. The number of benzene rings is 8. The lowest BCUT2D eigenvalue weighted by molar-refractivity contribution is 1.12. The zero-order valence-corrected chi connectivity index (χ0v) is 31.5. The molecule has 0 unspecified atom stereocenters. The first-order chi connectivity index (χ1) is 28.8. The van der Waals surface area contributed by atoms with Gasteiger partial charge in [0.15, 0.2) is 5.82 Å². The number of aromatic nitrogens is 2. The Bertz CT molecular complexity index is 3180. The lowest BCUT2D eigenvalue weighted by Gasteiger charge is -2.19. The van der Waals surface area contributed by atoms with Crippen LogP contribution >= 0.6 is 0 Å². The van der Waals surface area contributed by atoms with Gasteiger partial charge in [-0.05, 0) is 124 Å². The van der Waals surface area contributed by atoms with Crippen LogP contribution in [0.2, 0.25) is 0 Å². The minimum atomic E-state index is 0.721. The molecule has 9 aromatic rings. The molecule has 268 valence electrons. The Morgan fingerprint density at radius 2 is 0.672 bits per heavy atom. The first kappa shape index (κ1) is 32.6. The van der Waals surface area contributed by atoms with E-state index >= 15 is 0 Å². The van der Waals surface area contributed by atoms with E-state index < -0.39 is 0 Å². The monoisotopic (exact) mass is 734 g/mol. The Balaban J connectivity index is 1.28. The minimum Gasteiger partial charge on any atom is -0.237 e. The van der Waals surface area contributed by atoms with Gasteiger partial charge in [-0.2, -0.15) is 0 Å². The fourth-order valence-corrected chi connectivity index (χ4v) is 9.75. The number of hydrogen-bond donors (Lipinski definition) is 0. The molecule has 0 bridgehead atoms. The van der Waals surface area contributed by atoms with Crippen LogP contribution in [0.1, 0.15) is 33.6 Å². The summed E-state index contributed by atoms with van der Waals surface area (Å²) in [5, 5.41) is 2.57. The van der Waals surface area contributed by atoms with Crippen molar-refractivity contribution in [2.24, 2.45) is 0 Å². The van der Waals surface area contributed by atoms with Gasteiger partial charge in [-0.25, -0.2) is 9.97 Å². The topological polar surface area (TPSA) is 25.8 Å². The van der Waals surface area contributed by atoms with Crippen LogP contribution in [-0.4, -0.2) is 9.97 Å². The van der Waals surface area contributed by atoms with Gasteiger partial charge in [0.05, 0.1) is 0 Å². The van der Waals surface area contributed by atoms with Gasteiger partial charge in [-0.1, -0.05) is 176 Å². The fourth-order valence-electron chi connectivity index (χ4n) is 9.75. The molecular weight excluding hydrogens is 701 g/mol. The van der Waals surface area contributed by atoms with Crippen LogP contribution in [0.25, 0.3) is 83.1 Å². The highest BCUT2D eigenvalue weighted by Gasteiger charge is 2.42. The molecule has 58 heavy (non-hydrogen) atoms. The van der Waals surface area contributed by atoms with Crippen LogP contribution in [0.3, 0.4) is 0 Å². The smallest absolute Gasteiger partial charge is 0.160 e. The van der Waals surface area contributed by atoms with Crippen molar-refractivity contribution in [2.75, 3.05) is 0 Å². The Labute approximate surface area is 337 Å². The summed E-state index contributed by atoms with van der Waals surface area (Å²) < 4.78 is 0. The lowest BCUT2D eigenvalue weighted by Crippen LogP contribution is -1.99. The van der Waals surface area contributed by atoms with Crippen molar-refractivity contribution in [3.63, 3.8) is 0 Å². The molecule has 0 amide bonds. The van der Waals surface area contributed by atoms with E-state index in [0.717, 1.165) is 22.5 Å². The predicted molar refractivity (Wildman–Crippen MR) is 240 cm³/mol. The average molecular weight is 735 g/mol. The SMILES string of the molecule is c1ccc(C2=C(c3ccccc3)C(c3ccc4c5c(cccc35)-c3ccccc3-4)=C3C2=C(c2ncccn2)c2cc(-c4ccccc4)c(-c4ccccc4)cc23)cc1. The van der Waals surface area contributed by atoms with Gasteiger partial charge in [0.2, 0.25) is 0 Å². The number of hydrogen-bond acceptors (Lipinski definition) is 2. The van der Waals surface area contributed by atoms with Gasteiger partial charge in [-0.3, -0.25) is 0 Å². The quantitative estimate of drug-likeness (QED) is 0.170. The Hall–Kier alpha value is -7.68. The highest BCUT2D eigenvalue weighted by atomic mass is 14.9. The molecular formula is C56H34N2. The number of rotatable bonds is 6. The van der Waals surface area contributed by atoms with E-state index in [0.29, 0.717) is 0 Å². The van der Waals surface area contributed by atoms with Crippen LogP contribution in [0.15, 0.2) is 212 Å². The van der Waals surface area contributed by atoms with Crippen molar-refractivity contribution in [3.8, 4) is 44.5 Å². The summed E-state index contributed by atoms with van der Waals surface area (Å²) in [5.41, 5.74) is 22.9. The lowest BCUT2D eigenvalue weighted by atomic mass is 9.83. The van der Waals surface area contributed by atoms with Crippen molar-refractivity contribution < 1.29 is 0 Å². The van der Waals surface area contributed by atoms with E-state index in [4.69, 9.17) is 9.97 Å². The maximum absolute atomic E-state index is 5.02. The maximum atomic E-state index is 5.02. The normalized spacial score (nSPS) is 13.7. The molecule has 3 aliphatic rings. The standard InChI is InChI=1S/C56H34N2/c1-5-17-35(18-6-1)45-33-47-48(34-46(45)36-19-7-2-8-20-36)54(56-57-31-16-32-58-56)55-50(38-23-11-4-12-24-38)49(37-21-9-3-10-22-37)52(53(47)55)44-30-29-43-40-26-14-13-25-39(40)41-27-15-28-42(44)51(41)43/h1-34H. The van der Waals surface area contributed by atoms with E-state index in [1.54, 1.807) is 0 Å². The van der Waals surface area contributed by atoms with Crippen LogP contribution in [0, 0.1) is 0 Å². The summed E-state index contributed by atoms with van der Waals surface area (Å²) in [7, 11) is 0.